The first-order valence-corrected chi connectivity index (χ1v) is 9.68. The topological polar surface area (TPSA) is 100 Å². The second-order valence-corrected chi connectivity index (χ2v) is 7.55. The Morgan fingerprint density at radius 2 is 1.93 bits per heavy atom. The van der Waals surface area contributed by atoms with Crippen LogP contribution in [-0.4, -0.2) is 43.2 Å². The van der Waals surface area contributed by atoms with Crippen LogP contribution in [0.3, 0.4) is 0 Å². The molecule has 0 saturated carbocycles. The lowest BCUT2D eigenvalue weighted by Gasteiger charge is -2.20. The number of pyridine rings is 1. The fourth-order valence-electron chi connectivity index (χ4n) is 2.17. The molecular formula is C15H19F3N6O2S. The van der Waals surface area contributed by atoms with E-state index >= 15 is 0 Å². The van der Waals surface area contributed by atoms with E-state index in [0.29, 0.717) is 12.7 Å². The van der Waals surface area contributed by atoms with Crippen molar-refractivity contribution in [2.75, 3.05) is 34.8 Å². The maximum Gasteiger partial charge on any atom is 0.421 e. The molecule has 2 N–H and O–H groups in total. The van der Waals surface area contributed by atoms with Crippen LogP contribution in [-0.2, 0) is 22.7 Å². The zero-order valence-corrected chi connectivity index (χ0v) is 15.7. The highest BCUT2D eigenvalue weighted by Gasteiger charge is 2.35. The standard InChI is InChI=1S/C15H19F3N6O2S/c1-4-19-14-22-8-10(15(16,17)18)13(23-14)21-9-11-12(6-5-7-20-11)24(2)27(3,25)26/h5-8H,4,9H2,1-3H3,(H2,19,21,22,23). The summed E-state index contributed by atoms with van der Waals surface area (Å²) in [7, 11) is -2.22. The fourth-order valence-corrected chi connectivity index (χ4v) is 2.69. The van der Waals surface area contributed by atoms with E-state index in [1.165, 1.54) is 25.4 Å². The van der Waals surface area contributed by atoms with Crippen LogP contribution in [0, 0.1) is 0 Å². The van der Waals surface area contributed by atoms with E-state index in [9.17, 15) is 21.6 Å². The molecular weight excluding hydrogens is 385 g/mol. The number of sulfonamides is 1. The van der Waals surface area contributed by atoms with E-state index in [0.717, 1.165) is 10.6 Å². The molecule has 0 saturated heterocycles. The first-order chi connectivity index (χ1) is 12.5. The van der Waals surface area contributed by atoms with Crippen LogP contribution >= 0.6 is 0 Å². The molecule has 8 nitrogen and oxygen atoms in total. The Labute approximate surface area is 154 Å². The summed E-state index contributed by atoms with van der Waals surface area (Å²) in [6.45, 7) is 2.03. The van der Waals surface area contributed by atoms with Crippen molar-refractivity contribution in [1.29, 1.82) is 0 Å². The minimum absolute atomic E-state index is 0.0440. The van der Waals surface area contributed by atoms with Gasteiger partial charge < -0.3 is 10.6 Å². The second kappa shape index (κ2) is 7.94. The zero-order valence-electron chi connectivity index (χ0n) is 14.9. The van der Waals surface area contributed by atoms with E-state index in [4.69, 9.17) is 0 Å². The van der Waals surface area contributed by atoms with E-state index < -0.39 is 27.6 Å². The Bertz CT molecular complexity index is 905. The van der Waals surface area contributed by atoms with Crippen molar-refractivity contribution in [2.45, 2.75) is 19.6 Å². The van der Waals surface area contributed by atoms with Gasteiger partial charge in [0.25, 0.3) is 0 Å². The number of aromatic nitrogens is 3. The summed E-state index contributed by atoms with van der Waals surface area (Å²) in [5.74, 6) is -0.380. The molecule has 0 radical (unpaired) electrons. The van der Waals surface area contributed by atoms with Gasteiger partial charge in [-0.05, 0) is 19.1 Å². The maximum absolute atomic E-state index is 13.2. The molecule has 0 bridgehead atoms. The van der Waals surface area contributed by atoms with Gasteiger partial charge in [-0.1, -0.05) is 0 Å². The van der Waals surface area contributed by atoms with Crippen molar-refractivity contribution in [3.05, 3.63) is 35.8 Å². The molecule has 27 heavy (non-hydrogen) atoms. The van der Waals surface area contributed by atoms with Gasteiger partial charge in [-0.15, -0.1) is 0 Å². The second-order valence-electron chi connectivity index (χ2n) is 5.54. The largest absolute Gasteiger partial charge is 0.421 e. The summed E-state index contributed by atoms with van der Waals surface area (Å²) < 4.78 is 64.2. The van der Waals surface area contributed by atoms with Crippen LogP contribution in [0.25, 0.3) is 0 Å². The first kappa shape index (κ1) is 20.7. The summed E-state index contributed by atoms with van der Waals surface area (Å²) in [6.07, 6.45) is -1.52. The van der Waals surface area contributed by atoms with Crippen LogP contribution in [0.1, 0.15) is 18.2 Å². The van der Waals surface area contributed by atoms with Crippen molar-refractivity contribution >= 4 is 27.5 Å². The third kappa shape index (κ3) is 5.18. The monoisotopic (exact) mass is 404 g/mol. The van der Waals surface area contributed by atoms with Gasteiger partial charge in [0.1, 0.15) is 11.4 Å². The van der Waals surface area contributed by atoms with Crippen molar-refractivity contribution in [3.8, 4) is 0 Å². The summed E-state index contributed by atoms with van der Waals surface area (Å²) in [5, 5.41) is 5.33. The van der Waals surface area contributed by atoms with Crippen LogP contribution in [0.2, 0.25) is 0 Å². The van der Waals surface area contributed by atoms with Crippen molar-refractivity contribution in [2.24, 2.45) is 0 Å². The summed E-state index contributed by atoms with van der Waals surface area (Å²) in [4.78, 5) is 11.6. The van der Waals surface area contributed by atoms with Crippen LogP contribution in [0.5, 0.6) is 0 Å². The molecule has 2 rings (SSSR count). The predicted octanol–water partition coefficient (Wildman–Crippen LogP) is 2.33. The first-order valence-electron chi connectivity index (χ1n) is 7.83. The third-order valence-electron chi connectivity index (χ3n) is 3.56. The van der Waals surface area contributed by atoms with Gasteiger partial charge in [-0.3, -0.25) is 9.29 Å². The SMILES string of the molecule is CCNc1ncc(C(F)(F)F)c(NCc2ncccc2N(C)S(C)(=O)=O)n1. The molecule has 2 aromatic heterocycles. The van der Waals surface area contributed by atoms with Crippen molar-refractivity contribution in [1.82, 2.24) is 15.0 Å². The number of hydrogen-bond donors (Lipinski definition) is 2. The lowest BCUT2D eigenvalue weighted by atomic mass is 10.2. The predicted molar refractivity (Wildman–Crippen MR) is 96.0 cm³/mol. The zero-order chi connectivity index (χ0) is 20.2. The van der Waals surface area contributed by atoms with Crippen LogP contribution in [0.15, 0.2) is 24.5 Å². The van der Waals surface area contributed by atoms with E-state index in [1.54, 1.807) is 6.92 Å². The fraction of sp³-hybridized carbons (Fsp3) is 0.400. The van der Waals surface area contributed by atoms with Gasteiger partial charge in [0.15, 0.2) is 0 Å². The summed E-state index contributed by atoms with van der Waals surface area (Å²) in [5.41, 5.74) is -0.526. The third-order valence-corrected chi connectivity index (χ3v) is 4.75. The molecule has 0 aliphatic heterocycles. The summed E-state index contributed by atoms with van der Waals surface area (Å²) in [6, 6.07) is 3.05. The summed E-state index contributed by atoms with van der Waals surface area (Å²) >= 11 is 0. The van der Waals surface area contributed by atoms with E-state index in [2.05, 4.69) is 25.6 Å². The Morgan fingerprint density at radius 3 is 2.52 bits per heavy atom. The van der Waals surface area contributed by atoms with Crippen molar-refractivity contribution < 1.29 is 21.6 Å². The molecule has 0 unspecified atom stereocenters. The number of nitrogens with one attached hydrogen (secondary N) is 2. The van der Waals surface area contributed by atoms with Crippen LogP contribution < -0.4 is 14.9 Å². The highest BCUT2D eigenvalue weighted by Crippen LogP contribution is 2.34. The number of anilines is 3. The number of rotatable bonds is 7. The van der Waals surface area contributed by atoms with E-state index in [-0.39, 0.29) is 23.9 Å². The average molecular weight is 404 g/mol. The molecule has 0 atom stereocenters. The highest BCUT2D eigenvalue weighted by molar-refractivity contribution is 7.92. The van der Waals surface area contributed by atoms with Crippen molar-refractivity contribution in [3.63, 3.8) is 0 Å². The highest BCUT2D eigenvalue weighted by atomic mass is 32.2. The van der Waals surface area contributed by atoms with Gasteiger partial charge in [0.2, 0.25) is 16.0 Å². The number of hydrogen-bond acceptors (Lipinski definition) is 7. The molecule has 148 valence electrons. The molecule has 2 aromatic rings. The van der Waals surface area contributed by atoms with Crippen LogP contribution in [0.4, 0.5) is 30.6 Å². The number of halogens is 3. The molecule has 0 fully saturated rings. The Balaban J connectivity index is 2.35. The maximum atomic E-state index is 13.2. The molecule has 0 aromatic carbocycles. The molecule has 0 spiro atoms. The number of alkyl halides is 3. The quantitative estimate of drug-likeness (QED) is 0.731. The molecule has 0 aliphatic rings. The molecule has 0 amide bonds. The smallest absolute Gasteiger partial charge is 0.364 e. The average Bonchev–Trinajstić information content (AvgIpc) is 2.58. The Morgan fingerprint density at radius 1 is 1.22 bits per heavy atom. The number of nitrogens with zero attached hydrogens (tertiary/aromatic N) is 4. The normalized spacial score (nSPS) is 11.9. The Kier molecular flexibility index (Phi) is 6.08. The lowest BCUT2D eigenvalue weighted by molar-refractivity contribution is -0.137. The minimum Gasteiger partial charge on any atom is -0.364 e. The molecule has 12 heteroatoms. The van der Waals surface area contributed by atoms with Gasteiger partial charge in [0, 0.05) is 26.0 Å². The minimum atomic E-state index is -4.65. The van der Waals surface area contributed by atoms with E-state index in [1.807, 2.05) is 0 Å². The lowest BCUT2D eigenvalue weighted by Crippen LogP contribution is -2.26. The van der Waals surface area contributed by atoms with Gasteiger partial charge in [-0.2, -0.15) is 18.2 Å². The van der Waals surface area contributed by atoms with Gasteiger partial charge in [0.05, 0.1) is 24.2 Å². The Hall–Kier alpha value is -2.63. The van der Waals surface area contributed by atoms with Gasteiger partial charge >= 0.3 is 6.18 Å². The molecule has 2 heterocycles. The van der Waals surface area contributed by atoms with Gasteiger partial charge in [-0.25, -0.2) is 13.4 Å². The molecule has 0 aliphatic carbocycles.